The molecule has 0 unspecified atom stereocenters. The Morgan fingerprint density at radius 1 is 1.32 bits per heavy atom. The maximum absolute atomic E-state index is 11.5. The smallest absolute Gasteiger partial charge is 0.224 e. The van der Waals surface area contributed by atoms with Crippen LogP contribution in [0.15, 0.2) is 12.1 Å². The van der Waals surface area contributed by atoms with Crippen molar-refractivity contribution in [3.05, 3.63) is 17.7 Å². The zero-order valence-electron chi connectivity index (χ0n) is 11.8. The van der Waals surface area contributed by atoms with E-state index in [9.17, 15) is 4.79 Å². The standard InChI is InChI=1S/C15H23N3O/c1-3-5-8-18(4-2)14-10-13-11(9-12(14)16)6-7-15(19)17-13/h9-10H,3-8,16H2,1-2H3,(H,17,19). The molecule has 1 aromatic carbocycles. The van der Waals surface area contributed by atoms with E-state index in [1.165, 1.54) is 0 Å². The Kier molecular flexibility index (Phi) is 4.30. The predicted molar refractivity (Wildman–Crippen MR) is 80.6 cm³/mol. The minimum absolute atomic E-state index is 0.0971. The molecule has 1 aliphatic rings. The highest BCUT2D eigenvalue weighted by Crippen LogP contribution is 2.33. The summed E-state index contributed by atoms with van der Waals surface area (Å²) in [7, 11) is 0. The predicted octanol–water partition coefficient (Wildman–Crippen LogP) is 2.78. The van der Waals surface area contributed by atoms with Gasteiger partial charge in [-0.3, -0.25) is 4.79 Å². The zero-order valence-corrected chi connectivity index (χ0v) is 11.8. The van der Waals surface area contributed by atoms with E-state index in [1.807, 2.05) is 12.1 Å². The summed E-state index contributed by atoms with van der Waals surface area (Å²) < 4.78 is 0. The molecule has 1 aliphatic heterocycles. The summed E-state index contributed by atoms with van der Waals surface area (Å²) in [6, 6.07) is 4.04. The fraction of sp³-hybridized carbons (Fsp3) is 0.533. The summed E-state index contributed by atoms with van der Waals surface area (Å²) in [6.45, 7) is 6.25. The lowest BCUT2D eigenvalue weighted by atomic mass is 10.0. The number of nitrogens with zero attached hydrogens (tertiary/aromatic N) is 1. The van der Waals surface area contributed by atoms with Crippen molar-refractivity contribution in [2.45, 2.75) is 39.5 Å². The minimum Gasteiger partial charge on any atom is -0.397 e. The van der Waals surface area contributed by atoms with Crippen molar-refractivity contribution >= 4 is 23.0 Å². The lowest BCUT2D eigenvalue weighted by Crippen LogP contribution is -2.26. The number of unbranched alkanes of at least 4 members (excludes halogenated alkanes) is 1. The van der Waals surface area contributed by atoms with Crippen molar-refractivity contribution in [2.75, 3.05) is 29.0 Å². The molecule has 0 spiro atoms. The third-order valence-corrected chi connectivity index (χ3v) is 3.65. The summed E-state index contributed by atoms with van der Waals surface area (Å²) >= 11 is 0. The molecule has 0 radical (unpaired) electrons. The van der Waals surface area contributed by atoms with Crippen molar-refractivity contribution < 1.29 is 4.79 Å². The molecular formula is C15H23N3O. The first-order valence-corrected chi connectivity index (χ1v) is 7.12. The molecule has 0 saturated heterocycles. The van der Waals surface area contributed by atoms with Gasteiger partial charge in [0.2, 0.25) is 5.91 Å². The van der Waals surface area contributed by atoms with Gasteiger partial charge in [-0.25, -0.2) is 0 Å². The van der Waals surface area contributed by atoms with Crippen LogP contribution in [0.2, 0.25) is 0 Å². The Bertz CT molecular complexity index is 471. The number of aryl methyl sites for hydroxylation is 1. The number of benzene rings is 1. The van der Waals surface area contributed by atoms with Gasteiger partial charge in [0, 0.05) is 25.2 Å². The van der Waals surface area contributed by atoms with Crippen LogP contribution >= 0.6 is 0 Å². The number of amides is 1. The largest absolute Gasteiger partial charge is 0.397 e. The van der Waals surface area contributed by atoms with Crippen LogP contribution in [-0.4, -0.2) is 19.0 Å². The number of carbonyl (C=O) groups excluding carboxylic acids is 1. The lowest BCUT2D eigenvalue weighted by Gasteiger charge is -2.27. The molecule has 0 fully saturated rings. The summed E-state index contributed by atoms with van der Waals surface area (Å²) in [5.74, 6) is 0.0971. The second-order valence-corrected chi connectivity index (χ2v) is 5.05. The molecule has 3 N–H and O–H groups in total. The van der Waals surface area contributed by atoms with Crippen LogP contribution in [0.5, 0.6) is 0 Å². The SMILES string of the molecule is CCCCN(CC)c1cc2c(cc1N)CCC(=O)N2. The Balaban J connectivity index is 2.29. The summed E-state index contributed by atoms with van der Waals surface area (Å²) in [5.41, 5.74) is 10.1. The normalized spacial score (nSPS) is 13.9. The second-order valence-electron chi connectivity index (χ2n) is 5.05. The van der Waals surface area contributed by atoms with Crippen molar-refractivity contribution in [3.63, 3.8) is 0 Å². The number of nitrogen functional groups attached to an aromatic ring is 1. The average Bonchev–Trinajstić information content (AvgIpc) is 2.40. The van der Waals surface area contributed by atoms with Gasteiger partial charge in [0.05, 0.1) is 11.4 Å². The third-order valence-electron chi connectivity index (χ3n) is 3.65. The number of nitrogens with two attached hydrogens (primary N) is 1. The quantitative estimate of drug-likeness (QED) is 0.801. The number of anilines is 3. The van der Waals surface area contributed by atoms with Gasteiger partial charge >= 0.3 is 0 Å². The highest BCUT2D eigenvalue weighted by molar-refractivity contribution is 5.95. The average molecular weight is 261 g/mol. The first-order chi connectivity index (χ1) is 9.15. The van der Waals surface area contributed by atoms with Gasteiger partial charge in [-0.2, -0.15) is 0 Å². The van der Waals surface area contributed by atoms with E-state index in [0.29, 0.717) is 6.42 Å². The molecule has 1 aromatic rings. The van der Waals surface area contributed by atoms with Gasteiger partial charge in [0.25, 0.3) is 0 Å². The maximum Gasteiger partial charge on any atom is 0.224 e. The molecule has 19 heavy (non-hydrogen) atoms. The van der Waals surface area contributed by atoms with Crippen LogP contribution in [0.4, 0.5) is 17.1 Å². The highest BCUT2D eigenvalue weighted by Gasteiger charge is 2.18. The van der Waals surface area contributed by atoms with Crippen molar-refractivity contribution in [1.29, 1.82) is 0 Å². The van der Waals surface area contributed by atoms with Gasteiger partial charge in [-0.1, -0.05) is 13.3 Å². The zero-order chi connectivity index (χ0) is 13.8. The number of hydrogen-bond donors (Lipinski definition) is 2. The number of rotatable bonds is 5. The Morgan fingerprint density at radius 3 is 2.79 bits per heavy atom. The van der Waals surface area contributed by atoms with Crippen LogP contribution in [0.1, 0.15) is 38.7 Å². The molecule has 0 aliphatic carbocycles. The second kappa shape index (κ2) is 5.95. The van der Waals surface area contributed by atoms with Crippen LogP contribution in [0.25, 0.3) is 0 Å². The summed E-state index contributed by atoms with van der Waals surface area (Å²) in [5, 5.41) is 2.94. The molecule has 104 valence electrons. The summed E-state index contributed by atoms with van der Waals surface area (Å²) in [6.07, 6.45) is 3.65. The molecule has 0 saturated carbocycles. The molecular weight excluding hydrogens is 238 g/mol. The summed E-state index contributed by atoms with van der Waals surface area (Å²) in [4.78, 5) is 13.8. The van der Waals surface area contributed by atoms with E-state index in [1.54, 1.807) is 0 Å². The molecule has 0 atom stereocenters. The fourth-order valence-corrected chi connectivity index (χ4v) is 2.51. The minimum atomic E-state index is 0.0971. The Morgan fingerprint density at radius 2 is 2.11 bits per heavy atom. The molecule has 1 amide bonds. The van der Waals surface area contributed by atoms with E-state index in [2.05, 4.69) is 24.1 Å². The Hall–Kier alpha value is -1.71. The number of nitrogens with one attached hydrogen (secondary N) is 1. The van der Waals surface area contributed by atoms with Crippen LogP contribution in [0.3, 0.4) is 0 Å². The Labute approximate surface area is 115 Å². The van der Waals surface area contributed by atoms with Gasteiger partial charge in [0.1, 0.15) is 0 Å². The van der Waals surface area contributed by atoms with Crippen LogP contribution < -0.4 is 16.0 Å². The number of fused-ring (bicyclic) bond motifs is 1. The van der Waals surface area contributed by atoms with E-state index >= 15 is 0 Å². The van der Waals surface area contributed by atoms with Crippen LogP contribution in [0, 0.1) is 0 Å². The van der Waals surface area contributed by atoms with Gasteiger partial charge in [0.15, 0.2) is 0 Å². The lowest BCUT2D eigenvalue weighted by molar-refractivity contribution is -0.116. The van der Waals surface area contributed by atoms with Crippen molar-refractivity contribution in [3.8, 4) is 0 Å². The molecule has 0 bridgehead atoms. The number of carbonyl (C=O) groups is 1. The first-order valence-electron chi connectivity index (χ1n) is 7.12. The van der Waals surface area contributed by atoms with Gasteiger partial charge in [-0.15, -0.1) is 0 Å². The fourth-order valence-electron chi connectivity index (χ4n) is 2.51. The van der Waals surface area contributed by atoms with Crippen LogP contribution in [-0.2, 0) is 11.2 Å². The third kappa shape index (κ3) is 3.00. The molecule has 4 heteroatoms. The maximum atomic E-state index is 11.5. The van der Waals surface area contributed by atoms with E-state index < -0.39 is 0 Å². The van der Waals surface area contributed by atoms with E-state index in [0.717, 1.165) is 55.0 Å². The number of hydrogen-bond acceptors (Lipinski definition) is 3. The molecule has 2 rings (SSSR count). The highest BCUT2D eigenvalue weighted by atomic mass is 16.1. The topological polar surface area (TPSA) is 58.4 Å². The van der Waals surface area contributed by atoms with Crippen molar-refractivity contribution in [1.82, 2.24) is 0 Å². The van der Waals surface area contributed by atoms with Gasteiger partial charge < -0.3 is 16.0 Å². The van der Waals surface area contributed by atoms with Gasteiger partial charge in [-0.05, 0) is 37.5 Å². The van der Waals surface area contributed by atoms with E-state index in [-0.39, 0.29) is 5.91 Å². The molecule has 1 heterocycles. The van der Waals surface area contributed by atoms with E-state index in [4.69, 9.17) is 5.73 Å². The van der Waals surface area contributed by atoms with Crippen molar-refractivity contribution in [2.24, 2.45) is 0 Å². The molecule has 0 aromatic heterocycles. The first kappa shape index (κ1) is 13.7. The molecule has 4 nitrogen and oxygen atoms in total. The monoisotopic (exact) mass is 261 g/mol.